The number of amides is 1. The largest absolute Gasteiger partial charge is 0.443 e. The van der Waals surface area contributed by atoms with Crippen LogP contribution in [-0.2, 0) is 13.0 Å². The Balaban J connectivity index is 1.31. The minimum absolute atomic E-state index is 0.00226. The van der Waals surface area contributed by atoms with Crippen LogP contribution in [0.3, 0.4) is 0 Å². The van der Waals surface area contributed by atoms with E-state index < -0.39 is 5.91 Å². The molecule has 10 nitrogen and oxygen atoms in total. The molecule has 0 aliphatic carbocycles. The van der Waals surface area contributed by atoms with E-state index >= 15 is 0 Å². The molecule has 0 fully saturated rings. The Kier molecular flexibility index (Phi) is 5.55. The fraction of sp³-hybridized carbons (Fsp3) is 0.154. The summed E-state index contributed by atoms with van der Waals surface area (Å²) in [5, 5.41) is 3.86. The molecule has 0 unspecified atom stereocenters. The monoisotopic (exact) mass is 478 g/mol. The van der Waals surface area contributed by atoms with Gasteiger partial charge in [-0.15, -0.1) is 0 Å². The van der Waals surface area contributed by atoms with E-state index in [1.54, 1.807) is 12.4 Å². The lowest BCUT2D eigenvalue weighted by molar-refractivity contribution is 0.0912. The van der Waals surface area contributed by atoms with Crippen LogP contribution in [-0.4, -0.2) is 48.9 Å². The Hall–Kier alpha value is -4.70. The number of carbonyl (C=O) groups is 1. The number of fused-ring (bicyclic) bond motifs is 2. The summed E-state index contributed by atoms with van der Waals surface area (Å²) in [6.07, 6.45) is 7.38. The second kappa shape index (κ2) is 9.16. The average molecular weight is 479 g/mol. The van der Waals surface area contributed by atoms with Crippen LogP contribution in [0.25, 0.3) is 33.7 Å². The number of pyridine rings is 2. The van der Waals surface area contributed by atoms with Crippen molar-refractivity contribution >= 4 is 22.6 Å². The van der Waals surface area contributed by atoms with Crippen LogP contribution in [0.2, 0.25) is 0 Å². The van der Waals surface area contributed by atoms with Gasteiger partial charge in [0.05, 0.1) is 24.1 Å². The number of aromatic nitrogens is 5. The molecule has 1 aliphatic heterocycles. The summed E-state index contributed by atoms with van der Waals surface area (Å²) in [6.45, 7) is 1.82. The van der Waals surface area contributed by atoms with Gasteiger partial charge in [-0.25, -0.2) is 15.0 Å². The van der Waals surface area contributed by atoms with E-state index in [9.17, 15) is 4.79 Å². The van der Waals surface area contributed by atoms with Gasteiger partial charge in [0.15, 0.2) is 17.2 Å². The molecular weight excluding hydrogens is 456 g/mol. The molecule has 6 rings (SSSR count). The summed E-state index contributed by atoms with van der Waals surface area (Å²) >= 11 is 0. The maximum Gasteiger partial charge on any atom is 0.274 e. The highest BCUT2D eigenvalue weighted by molar-refractivity contribution is 5.98. The van der Waals surface area contributed by atoms with Crippen molar-refractivity contribution < 1.29 is 9.21 Å². The molecule has 10 heteroatoms. The summed E-state index contributed by atoms with van der Waals surface area (Å²) in [6, 6.07) is 13.6. The minimum atomic E-state index is -0.408. The van der Waals surface area contributed by atoms with Crippen LogP contribution in [0.4, 0.5) is 5.82 Å². The van der Waals surface area contributed by atoms with Crippen LogP contribution >= 0.6 is 0 Å². The Morgan fingerprint density at radius 1 is 1.03 bits per heavy atom. The molecule has 36 heavy (non-hydrogen) atoms. The van der Waals surface area contributed by atoms with E-state index in [0.29, 0.717) is 24.6 Å². The molecular formula is C26H22N8O2. The molecule has 3 N–H and O–H groups in total. The third-order valence-electron chi connectivity index (χ3n) is 6.17. The molecule has 1 amide bonds. The van der Waals surface area contributed by atoms with E-state index in [2.05, 4.69) is 41.2 Å². The fourth-order valence-corrected chi connectivity index (χ4v) is 4.34. The number of nitrogens with one attached hydrogen (secondary N) is 1. The summed E-state index contributed by atoms with van der Waals surface area (Å²) in [7, 11) is 0. The predicted octanol–water partition coefficient (Wildman–Crippen LogP) is 3.07. The SMILES string of the molecule is Nc1nc(-c2ncco2)c(-c2ccc3ncccc3c2)nc1C(=O)NCN1CCc2cccnc2C1. The second-order valence-electron chi connectivity index (χ2n) is 8.48. The fourth-order valence-electron chi connectivity index (χ4n) is 4.34. The molecule has 0 atom stereocenters. The molecule has 1 aromatic carbocycles. The van der Waals surface area contributed by atoms with Crippen LogP contribution < -0.4 is 11.1 Å². The zero-order chi connectivity index (χ0) is 24.5. The standard InChI is InChI=1S/C26H22N8O2/c27-24-23(25(35)31-15-34-11-7-16-3-1-9-29-20(16)14-34)32-21(22(33-24)26-30-10-12-36-26)18-5-6-19-17(13-18)4-2-8-28-19/h1-6,8-10,12-13H,7,11,14-15H2,(H2,27,33)(H,31,35). The average Bonchev–Trinajstić information content (AvgIpc) is 3.46. The maximum absolute atomic E-state index is 13.2. The van der Waals surface area contributed by atoms with E-state index in [-0.39, 0.29) is 17.4 Å². The highest BCUT2D eigenvalue weighted by Gasteiger charge is 2.23. The lowest BCUT2D eigenvalue weighted by Crippen LogP contribution is -2.41. The first kappa shape index (κ1) is 21.8. The van der Waals surface area contributed by atoms with Crippen LogP contribution in [0.15, 0.2) is 71.7 Å². The molecule has 0 saturated heterocycles. The normalized spacial score (nSPS) is 13.4. The number of oxazole rings is 1. The third kappa shape index (κ3) is 4.14. The Morgan fingerprint density at radius 2 is 1.92 bits per heavy atom. The number of hydrogen-bond donors (Lipinski definition) is 2. The number of anilines is 1. The van der Waals surface area contributed by atoms with Crippen molar-refractivity contribution in [3.63, 3.8) is 0 Å². The molecule has 0 bridgehead atoms. The first-order chi connectivity index (χ1) is 17.7. The topological polar surface area (TPSA) is 136 Å². The van der Waals surface area contributed by atoms with Crippen molar-refractivity contribution in [2.75, 3.05) is 18.9 Å². The number of hydrogen-bond acceptors (Lipinski definition) is 9. The number of benzene rings is 1. The van der Waals surface area contributed by atoms with Crippen molar-refractivity contribution in [1.82, 2.24) is 35.1 Å². The van der Waals surface area contributed by atoms with Gasteiger partial charge in [0, 0.05) is 36.4 Å². The number of nitrogen functional groups attached to an aromatic ring is 1. The van der Waals surface area contributed by atoms with Crippen molar-refractivity contribution in [3.8, 4) is 22.8 Å². The Morgan fingerprint density at radius 3 is 2.81 bits per heavy atom. The summed E-state index contributed by atoms with van der Waals surface area (Å²) in [5.74, 6) is -0.144. The molecule has 178 valence electrons. The molecule has 0 saturated carbocycles. The molecule has 5 heterocycles. The highest BCUT2D eigenvalue weighted by Crippen LogP contribution is 2.31. The van der Waals surface area contributed by atoms with E-state index in [4.69, 9.17) is 10.2 Å². The lowest BCUT2D eigenvalue weighted by atomic mass is 10.1. The minimum Gasteiger partial charge on any atom is -0.443 e. The van der Waals surface area contributed by atoms with Crippen LogP contribution in [0, 0.1) is 0 Å². The second-order valence-corrected chi connectivity index (χ2v) is 8.48. The highest BCUT2D eigenvalue weighted by atomic mass is 16.3. The van der Waals surface area contributed by atoms with Crippen LogP contribution in [0.1, 0.15) is 21.7 Å². The van der Waals surface area contributed by atoms with Gasteiger partial charge in [-0.05, 0) is 36.2 Å². The third-order valence-corrected chi connectivity index (χ3v) is 6.17. The van der Waals surface area contributed by atoms with E-state index in [1.165, 1.54) is 18.0 Å². The van der Waals surface area contributed by atoms with Gasteiger partial charge in [-0.1, -0.05) is 18.2 Å². The molecule has 1 aliphatic rings. The number of rotatable bonds is 5. The van der Waals surface area contributed by atoms with Gasteiger partial charge in [-0.2, -0.15) is 0 Å². The van der Waals surface area contributed by atoms with Gasteiger partial charge in [0.1, 0.15) is 12.0 Å². The summed E-state index contributed by atoms with van der Waals surface area (Å²) in [4.78, 5) is 37.5. The summed E-state index contributed by atoms with van der Waals surface area (Å²) in [5.41, 5.74) is 10.9. The van der Waals surface area contributed by atoms with Crippen molar-refractivity contribution in [2.24, 2.45) is 0 Å². The Labute approximate surface area is 206 Å². The first-order valence-electron chi connectivity index (χ1n) is 11.5. The molecule has 4 aromatic heterocycles. The van der Waals surface area contributed by atoms with E-state index in [0.717, 1.165) is 35.1 Å². The van der Waals surface area contributed by atoms with Crippen molar-refractivity contribution in [2.45, 2.75) is 13.0 Å². The first-order valence-corrected chi connectivity index (χ1v) is 11.5. The zero-order valence-electron chi connectivity index (χ0n) is 19.3. The van der Waals surface area contributed by atoms with Gasteiger partial charge in [0.25, 0.3) is 5.91 Å². The van der Waals surface area contributed by atoms with Gasteiger partial charge in [0.2, 0.25) is 5.89 Å². The quantitative estimate of drug-likeness (QED) is 0.390. The zero-order valence-corrected chi connectivity index (χ0v) is 19.3. The summed E-state index contributed by atoms with van der Waals surface area (Å²) < 4.78 is 5.49. The predicted molar refractivity (Wildman–Crippen MR) is 133 cm³/mol. The van der Waals surface area contributed by atoms with Gasteiger partial charge >= 0.3 is 0 Å². The molecule has 0 radical (unpaired) electrons. The van der Waals surface area contributed by atoms with Gasteiger partial charge in [-0.3, -0.25) is 19.7 Å². The number of nitrogens with two attached hydrogens (primary N) is 1. The lowest BCUT2D eigenvalue weighted by Gasteiger charge is -2.27. The Bertz CT molecular complexity index is 1570. The number of nitrogens with zero attached hydrogens (tertiary/aromatic N) is 6. The van der Waals surface area contributed by atoms with Crippen molar-refractivity contribution in [1.29, 1.82) is 0 Å². The smallest absolute Gasteiger partial charge is 0.274 e. The molecule has 0 spiro atoms. The van der Waals surface area contributed by atoms with Crippen LogP contribution in [0.5, 0.6) is 0 Å². The number of carbonyl (C=O) groups excluding carboxylic acids is 1. The molecule has 5 aromatic rings. The van der Waals surface area contributed by atoms with Gasteiger partial charge < -0.3 is 15.5 Å². The van der Waals surface area contributed by atoms with E-state index in [1.807, 2.05) is 36.4 Å². The van der Waals surface area contributed by atoms with Crippen molar-refractivity contribution in [3.05, 3.63) is 84.3 Å². The maximum atomic E-state index is 13.2.